The molecule has 22 heavy (non-hydrogen) atoms. The molecule has 0 aromatic heterocycles. The van der Waals surface area contributed by atoms with Gasteiger partial charge in [0, 0.05) is 13.1 Å². The van der Waals surface area contributed by atoms with Crippen molar-refractivity contribution in [1.82, 2.24) is 4.90 Å². The third-order valence-electron chi connectivity index (χ3n) is 2.73. The van der Waals surface area contributed by atoms with Gasteiger partial charge < -0.3 is 20.3 Å². The monoisotopic (exact) mass is 338 g/mol. The molecule has 6 nitrogen and oxygen atoms in total. The van der Waals surface area contributed by atoms with Crippen LogP contribution in [0, 0.1) is 0 Å². The molecule has 0 aromatic rings. The number of carboxylic acids is 1. The molecule has 0 aliphatic rings. The van der Waals surface area contributed by atoms with Crippen molar-refractivity contribution in [2.45, 2.75) is 45.6 Å². The van der Waals surface area contributed by atoms with Gasteiger partial charge in [-0.3, -0.25) is 9.69 Å². The Morgan fingerprint density at radius 1 is 1.36 bits per heavy atom. The van der Waals surface area contributed by atoms with E-state index in [0.29, 0.717) is 19.4 Å². The molecule has 1 atom stereocenters. The number of nitrogens with zero attached hydrogens (tertiary/aromatic N) is 2. The van der Waals surface area contributed by atoms with Gasteiger partial charge in [-0.05, 0) is 32.1 Å². The van der Waals surface area contributed by atoms with E-state index < -0.39 is 12.1 Å². The Labute approximate surface area is 175 Å². The Hall–Kier alpha value is 0.236. The molecule has 0 amide bonds. The molecule has 0 spiro atoms. The summed E-state index contributed by atoms with van der Waals surface area (Å²) in [5.74, 6) is -1.12. The minimum absolute atomic E-state index is 0. The first-order valence-electron chi connectivity index (χ1n) is 7.43. The van der Waals surface area contributed by atoms with E-state index in [1.807, 2.05) is 6.08 Å². The summed E-state index contributed by atoms with van der Waals surface area (Å²) in [5, 5.41) is 29.6. The van der Waals surface area contributed by atoms with Gasteiger partial charge in [0.1, 0.15) is 0 Å². The molecule has 0 saturated heterocycles. The largest absolute Gasteiger partial charge is 1.00 e. The van der Waals surface area contributed by atoms with Gasteiger partial charge in [-0.25, -0.2) is 0 Å². The van der Waals surface area contributed by atoms with Crippen molar-refractivity contribution >= 4 is 11.9 Å². The van der Waals surface area contributed by atoms with Crippen LogP contribution in [0.25, 0.3) is 0 Å². The Balaban J connectivity index is 0. The van der Waals surface area contributed by atoms with Crippen LogP contribution in [0.15, 0.2) is 17.1 Å². The number of aliphatic carboxylic acids is 1. The number of allylic oxidation sites excluding steroid dienone is 2. The fraction of sp³-hybridized carbons (Fsp3) is 0.733. The van der Waals surface area contributed by atoms with Crippen LogP contribution < -0.4 is 56.5 Å². The number of hydrogen-bond acceptors (Lipinski definition) is 5. The van der Waals surface area contributed by atoms with Crippen molar-refractivity contribution < 1.29 is 71.5 Å². The van der Waals surface area contributed by atoms with Crippen LogP contribution in [0.1, 0.15) is 39.5 Å². The molecule has 0 saturated carbocycles. The number of carbonyl (C=O) groups is 1. The van der Waals surface area contributed by atoms with Gasteiger partial charge in [0.2, 0.25) is 0 Å². The SMILES string of the molecule is CCC/C=C/CCC([O-])=NCCN(CC(=O)O)CC(C)O.[K+]. The summed E-state index contributed by atoms with van der Waals surface area (Å²) in [6.45, 7) is 4.41. The first-order chi connectivity index (χ1) is 9.95. The summed E-state index contributed by atoms with van der Waals surface area (Å²) in [4.78, 5) is 16.2. The van der Waals surface area contributed by atoms with Crippen molar-refractivity contribution in [2.75, 3.05) is 26.2 Å². The third-order valence-corrected chi connectivity index (χ3v) is 2.73. The van der Waals surface area contributed by atoms with Gasteiger partial charge >= 0.3 is 57.4 Å². The van der Waals surface area contributed by atoms with E-state index in [9.17, 15) is 15.0 Å². The molecular formula is C15H27KN2O4. The molecule has 0 aromatic carbocycles. The molecule has 0 bridgehead atoms. The maximum absolute atomic E-state index is 11.5. The molecule has 0 aliphatic carbocycles. The van der Waals surface area contributed by atoms with E-state index in [0.717, 1.165) is 12.8 Å². The molecular weight excluding hydrogens is 311 g/mol. The quantitative estimate of drug-likeness (QED) is 0.180. The van der Waals surface area contributed by atoms with Crippen LogP contribution >= 0.6 is 0 Å². The summed E-state index contributed by atoms with van der Waals surface area (Å²) in [6, 6.07) is 0. The summed E-state index contributed by atoms with van der Waals surface area (Å²) in [6.07, 6.45) is 6.63. The van der Waals surface area contributed by atoms with E-state index in [-0.39, 0.29) is 76.9 Å². The maximum Gasteiger partial charge on any atom is 1.00 e. The Kier molecular flexibility index (Phi) is 17.9. The standard InChI is InChI=1S/C15H28N2O4.K/c1-3-4-5-6-7-8-14(19)16-9-10-17(11-13(2)18)12-15(20)21;/h5-6,13,18H,3-4,7-12H2,1-2H3,(H,16,19)(H,20,21);/q;+1/p-1/b6-5+;. The maximum atomic E-state index is 11.5. The zero-order valence-electron chi connectivity index (χ0n) is 14.0. The fourth-order valence-corrected chi connectivity index (χ4v) is 1.80. The number of aliphatic hydroxyl groups is 1. The minimum atomic E-state index is -0.956. The van der Waals surface area contributed by atoms with Crippen LogP contribution in [-0.4, -0.2) is 59.3 Å². The van der Waals surface area contributed by atoms with Gasteiger partial charge in [-0.15, -0.1) is 0 Å². The second-order valence-corrected chi connectivity index (χ2v) is 5.05. The first-order valence-corrected chi connectivity index (χ1v) is 7.43. The van der Waals surface area contributed by atoms with Crippen LogP contribution in [-0.2, 0) is 4.79 Å². The predicted octanol–water partition coefficient (Wildman–Crippen LogP) is -2.35. The number of aliphatic imine (C=N–C) groups is 1. The Bertz CT molecular complexity index is 346. The Morgan fingerprint density at radius 3 is 2.55 bits per heavy atom. The number of hydrogen-bond donors (Lipinski definition) is 2. The van der Waals surface area contributed by atoms with Crippen molar-refractivity contribution in [3.05, 3.63) is 12.2 Å². The molecule has 0 rings (SSSR count). The van der Waals surface area contributed by atoms with Crippen molar-refractivity contribution in [3.63, 3.8) is 0 Å². The zero-order valence-corrected chi connectivity index (χ0v) is 17.1. The molecule has 2 N–H and O–H groups in total. The van der Waals surface area contributed by atoms with E-state index in [1.165, 1.54) is 0 Å². The van der Waals surface area contributed by atoms with Gasteiger partial charge in [0.15, 0.2) is 0 Å². The number of unbranched alkanes of at least 4 members (excludes halogenated alkanes) is 1. The van der Waals surface area contributed by atoms with E-state index in [4.69, 9.17) is 5.11 Å². The van der Waals surface area contributed by atoms with Gasteiger partial charge in [0.05, 0.1) is 19.2 Å². The summed E-state index contributed by atoms with van der Waals surface area (Å²) < 4.78 is 0. The summed E-state index contributed by atoms with van der Waals surface area (Å²) in [5.41, 5.74) is 0. The fourth-order valence-electron chi connectivity index (χ4n) is 1.80. The van der Waals surface area contributed by atoms with Gasteiger partial charge in [0.25, 0.3) is 0 Å². The van der Waals surface area contributed by atoms with Crippen LogP contribution in [0.5, 0.6) is 0 Å². The molecule has 0 radical (unpaired) electrons. The smallest absolute Gasteiger partial charge is 0.862 e. The number of aliphatic hydroxyl groups excluding tert-OH is 1. The molecule has 1 unspecified atom stereocenters. The number of rotatable bonds is 12. The minimum Gasteiger partial charge on any atom is -0.862 e. The zero-order chi connectivity index (χ0) is 16.1. The van der Waals surface area contributed by atoms with Crippen LogP contribution in [0.3, 0.4) is 0 Å². The Morgan fingerprint density at radius 2 is 2.00 bits per heavy atom. The van der Waals surface area contributed by atoms with Gasteiger partial charge in [-0.1, -0.05) is 25.5 Å². The van der Waals surface area contributed by atoms with Gasteiger partial charge in [-0.2, -0.15) is 0 Å². The molecule has 7 heteroatoms. The number of carboxylic acid groups (broad SMARTS) is 1. The molecule has 0 fully saturated rings. The molecule has 122 valence electrons. The normalized spacial score (nSPS) is 13.4. The third kappa shape index (κ3) is 16.6. The predicted molar refractivity (Wildman–Crippen MR) is 81.3 cm³/mol. The van der Waals surface area contributed by atoms with E-state index in [1.54, 1.807) is 11.8 Å². The summed E-state index contributed by atoms with van der Waals surface area (Å²) in [7, 11) is 0. The van der Waals surface area contributed by atoms with Crippen LogP contribution in [0.2, 0.25) is 0 Å². The second-order valence-electron chi connectivity index (χ2n) is 5.05. The second kappa shape index (κ2) is 16.1. The molecule has 0 heterocycles. The van der Waals surface area contributed by atoms with Crippen molar-refractivity contribution in [2.24, 2.45) is 4.99 Å². The van der Waals surface area contributed by atoms with Crippen LogP contribution in [0.4, 0.5) is 0 Å². The first kappa shape index (κ1) is 24.5. The summed E-state index contributed by atoms with van der Waals surface area (Å²) >= 11 is 0. The average molecular weight is 338 g/mol. The van der Waals surface area contributed by atoms with E-state index in [2.05, 4.69) is 18.0 Å². The molecule has 0 aliphatic heterocycles. The topological polar surface area (TPSA) is 96.2 Å². The van der Waals surface area contributed by atoms with E-state index >= 15 is 0 Å². The van der Waals surface area contributed by atoms with Crippen molar-refractivity contribution in [3.8, 4) is 0 Å². The average Bonchev–Trinajstić information content (AvgIpc) is 2.37. The van der Waals surface area contributed by atoms with Crippen molar-refractivity contribution in [1.29, 1.82) is 0 Å².